The number of anilines is 1. The third-order valence-corrected chi connectivity index (χ3v) is 4.67. The van der Waals surface area contributed by atoms with E-state index in [1.165, 1.54) is 32.1 Å². The summed E-state index contributed by atoms with van der Waals surface area (Å²) in [5.41, 5.74) is 8.00. The normalized spacial score (nSPS) is 17.1. The van der Waals surface area contributed by atoms with E-state index in [0.717, 1.165) is 24.2 Å². The van der Waals surface area contributed by atoms with Crippen LogP contribution in [0.3, 0.4) is 0 Å². The molecule has 1 aliphatic carbocycles. The van der Waals surface area contributed by atoms with E-state index < -0.39 is 0 Å². The summed E-state index contributed by atoms with van der Waals surface area (Å²) < 4.78 is 0. The Morgan fingerprint density at radius 3 is 2.75 bits per heavy atom. The second-order valence-corrected chi connectivity index (χ2v) is 6.08. The number of hydrogen-bond donors (Lipinski definition) is 2. The third kappa shape index (κ3) is 3.99. The van der Waals surface area contributed by atoms with Crippen molar-refractivity contribution in [2.75, 3.05) is 12.3 Å². The van der Waals surface area contributed by atoms with Crippen molar-refractivity contribution in [3.8, 4) is 0 Å². The first-order valence-corrected chi connectivity index (χ1v) is 7.75. The Morgan fingerprint density at radius 1 is 1.35 bits per heavy atom. The Balaban J connectivity index is 1.75. The molecule has 0 heterocycles. The van der Waals surface area contributed by atoms with Crippen LogP contribution in [0.15, 0.2) is 24.3 Å². The van der Waals surface area contributed by atoms with Crippen LogP contribution in [0.1, 0.15) is 51.0 Å². The number of hydrogen-bond acceptors (Lipinski definition) is 2. The maximum absolute atomic E-state index is 12.0. The van der Waals surface area contributed by atoms with Gasteiger partial charge in [-0.3, -0.25) is 4.79 Å². The molecule has 1 aromatic carbocycles. The molecular formula is C17H26N2O. The maximum atomic E-state index is 12.0. The summed E-state index contributed by atoms with van der Waals surface area (Å²) in [6.07, 6.45) is 7.62. The van der Waals surface area contributed by atoms with Crippen molar-refractivity contribution in [1.29, 1.82) is 0 Å². The zero-order valence-electron chi connectivity index (χ0n) is 12.5. The molecule has 3 nitrogen and oxygen atoms in total. The lowest BCUT2D eigenvalue weighted by Gasteiger charge is -2.27. The average molecular weight is 274 g/mol. The lowest BCUT2D eigenvalue weighted by molar-refractivity contribution is -0.121. The lowest BCUT2D eigenvalue weighted by Crippen LogP contribution is -2.35. The van der Waals surface area contributed by atoms with Crippen LogP contribution in [0.25, 0.3) is 0 Å². The van der Waals surface area contributed by atoms with Gasteiger partial charge in [-0.05, 0) is 48.8 Å². The van der Waals surface area contributed by atoms with Crippen LogP contribution in [0, 0.1) is 5.41 Å². The molecule has 20 heavy (non-hydrogen) atoms. The second-order valence-electron chi connectivity index (χ2n) is 6.08. The molecule has 0 saturated heterocycles. The number of amides is 1. The van der Waals surface area contributed by atoms with E-state index in [-0.39, 0.29) is 5.91 Å². The van der Waals surface area contributed by atoms with Crippen molar-refractivity contribution < 1.29 is 4.79 Å². The standard InChI is InChI=1S/C17H26N2O/c1-2-17(10-3-4-11-17)13-19-16(20)9-8-14-6-5-7-15(18)12-14/h5-7,12H,2-4,8-11,13,18H2,1H3,(H,19,20). The van der Waals surface area contributed by atoms with Crippen LogP contribution in [-0.2, 0) is 11.2 Å². The van der Waals surface area contributed by atoms with Crippen LogP contribution < -0.4 is 11.1 Å². The van der Waals surface area contributed by atoms with Crippen molar-refractivity contribution in [2.24, 2.45) is 5.41 Å². The van der Waals surface area contributed by atoms with Gasteiger partial charge in [-0.1, -0.05) is 31.9 Å². The minimum absolute atomic E-state index is 0.159. The molecule has 0 unspecified atom stereocenters. The van der Waals surface area contributed by atoms with Crippen LogP contribution in [0.4, 0.5) is 5.69 Å². The van der Waals surface area contributed by atoms with E-state index in [2.05, 4.69) is 12.2 Å². The fourth-order valence-corrected chi connectivity index (χ4v) is 3.16. The van der Waals surface area contributed by atoms with Gasteiger partial charge < -0.3 is 11.1 Å². The minimum atomic E-state index is 0.159. The van der Waals surface area contributed by atoms with E-state index in [1.807, 2.05) is 24.3 Å². The fourth-order valence-electron chi connectivity index (χ4n) is 3.16. The highest BCUT2D eigenvalue weighted by Crippen LogP contribution is 2.40. The van der Waals surface area contributed by atoms with Crippen molar-refractivity contribution in [3.63, 3.8) is 0 Å². The van der Waals surface area contributed by atoms with Crippen LogP contribution >= 0.6 is 0 Å². The molecule has 0 bridgehead atoms. The predicted octanol–water partition coefficient (Wildman–Crippen LogP) is 3.29. The van der Waals surface area contributed by atoms with Gasteiger partial charge in [0.2, 0.25) is 5.91 Å². The molecule has 0 atom stereocenters. The van der Waals surface area contributed by atoms with Crippen molar-refractivity contribution in [1.82, 2.24) is 5.32 Å². The number of nitrogens with one attached hydrogen (secondary N) is 1. The third-order valence-electron chi connectivity index (χ3n) is 4.67. The summed E-state index contributed by atoms with van der Waals surface area (Å²) in [7, 11) is 0. The summed E-state index contributed by atoms with van der Waals surface area (Å²) >= 11 is 0. The zero-order chi connectivity index (χ0) is 14.4. The largest absolute Gasteiger partial charge is 0.399 e. The van der Waals surface area contributed by atoms with Gasteiger partial charge in [0.25, 0.3) is 0 Å². The van der Waals surface area contributed by atoms with Gasteiger partial charge in [0.05, 0.1) is 0 Å². The van der Waals surface area contributed by atoms with Gasteiger partial charge in [0.1, 0.15) is 0 Å². The average Bonchev–Trinajstić information content (AvgIpc) is 2.92. The molecule has 0 radical (unpaired) electrons. The first-order valence-electron chi connectivity index (χ1n) is 7.75. The highest BCUT2D eigenvalue weighted by atomic mass is 16.1. The molecule has 1 saturated carbocycles. The van der Waals surface area contributed by atoms with Crippen molar-refractivity contribution >= 4 is 11.6 Å². The predicted molar refractivity (Wildman–Crippen MR) is 83.4 cm³/mol. The Kier molecular flexibility index (Phi) is 5.05. The molecule has 110 valence electrons. The summed E-state index contributed by atoms with van der Waals surface area (Å²) in [4.78, 5) is 12.0. The quantitative estimate of drug-likeness (QED) is 0.782. The molecule has 0 aliphatic heterocycles. The molecule has 1 aromatic rings. The second kappa shape index (κ2) is 6.78. The monoisotopic (exact) mass is 274 g/mol. The van der Waals surface area contributed by atoms with Crippen molar-refractivity contribution in [3.05, 3.63) is 29.8 Å². The smallest absolute Gasteiger partial charge is 0.220 e. The van der Waals surface area contributed by atoms with Gasteiger partial charge in [0, 0.05) is 18.7 Å². The number of carbonyl (C=O) groups excluding carboxylic acids is 1. The molecule has 1 aliphatic rings. The van der Waals surface area contributed by atoms with Crippen molar-refractivity contribution in [2.45, 2.75) is 51.9 Å². The van der Waals surface area contributed by atoms with E-state index in [1.54, 1.807) is 0 Å². The van der Waals surface area contributed by atoms with Gasteiger partial charge in [-0.2, -0.15) is 0 Å². The first-order chi connectivity index (χ1) is 9.63. The maximum Gasteiger partial charge on any atom is 0.220 e. The van der Waals surface area contributed by atoms with Crippen LogP contribution in [-0.4, -0.2) is 12.5 Å². The van der Waals surface area contributed by atoms with E-state index in [4.69, 9.17) is 5.73 Å². The molecule has 2 rings (SSSR count). The SMILES string of the molecule is CCC1(CNC(=O)CCc2cccc(N)c2)CCCC1. The number of benzene rings is 1. The molecular weight excluding hydrogens is 248 g/mol. The zero-order valence-corrected chi connectivity index (χ0v) is 12.5. The molecule has 0 spiro atoms. The number of carbonyl (C=O) groups is 1. The van der Waals surface area contributed by atoms with E-state index in [9.17, 15) is 4.79 Å². The Hall–Kier alpha value is -1.51. The summed E-state index contributed by atoms with van der Waals surface area (Å²) in [6, 6.07) is 7.77. The van der Waals surface area contributed by atoms with Gasteiger partial charge in [-0.15, -0.1) is 0 Å². The van der Waals surface area contributed by atoms with E-state index >= 15 is 0 Å². The van der Waals surface area contributed by atoms with E-state index in [0.29, 0.717) is 11.8 Å². The topological polar surface area (TPSA) is 55.1 Å². The Morgan fingerprint density at radius 2 is 2.10 bits per heavy atom. The highest BCUT2D eigenvalue weighted by molar-refractivity contribution is 5.76. The molecule has 1 fully saturated rings. The molecule has 0 aromatic heterocycles. The van der Waals surface area contributed by atoms with Gasteiger partial charge >= 0.3 is 0 Å². The van der Waals surface area contributed by atoms with Crippen LogP contribution in [0.2, 0.25) is 0 Å². The molecule has 3 N–H and O–H groups in total. The minimum Gasteiger partial charge on any atom is -0.399 e. The summed E-state index contributed by atoms with van der Waals surface area (Å²) in [5, 5.41) is 3.13. The molecule has 3 heteroatoms. The van der Waals surface area contributed by atoms with Crippen LogP contribution in [0.5, 0.6) is 0 Å². The number of nitrogens with two attached hydrogens (primary N) is 1. The molecule has 1 amide bonds. The van der Waals surface area contributed by atoms with Gasteiger partial charge in [-0.25, -0.2) is 0 Å². The highest BCUT2D eigenvalue weighted by Gasteiger charge is 2.31. The Labute approximate surface area is 121 Å². The number of nitrogen functional groups attached to an aromatic ring is 1. The lowest BCUT2D eigenvalue weighted by atomic mass is 9.83. The summed E-state index contributed by atoms with van der Waals surface area (Å²) in [5.74, 6) is 0.159. The Bertz CT molecular complexity index is 450. The van der Waals surface area contributed by atoms with Gasteiger partial charge in [0.15, 0.2) is 0 Å². The number of aryl methyl sites for hydroxylation is 1. The number of rotatable bonds is 6. The first kappa shape index (κ1) is 14.9. The summed E-state index contributed by atoms with van der Waals surface area (Å²) in [6.45, 7) is 3.09. The fraction of sp³-hybridized carbons (Fsp3) is 0.588.